The van der Waals surface area contributed by atoms with Crippen LogP contribution in [0.2, 0.25) is 0 Å². The van der Waals surface area contributed by atoms with E-state index in [0.29, 0.717) is 29.6 Å². The van der Waals surface area contributed by atoms with Crippen LogP contribution in [0.25, 0.3) is 11.3 Å². The molecule has 0 amide bonds. The van der Waals surface area contributed by atoms with Crippen LogP contribution in [0.4, 0.5) is 5.69 Å². The molecular weight excluding hydrogens is 366 g/mol. The number of hydrogen-bond acceptors (Lipinski definition) is 8. The van der Waals surface area contributed by atoms with Crippen LogP contribution >= 0.6 is 0 Å². The predicted octanol–water partition coefficient (Wildman–Crippen LogP) is 2.97. The zero-order valence-electron chi connectivity index (χ0n) is 15.8. The fourth-order valence-electron chi connectivity index (χ4n) is 2.62. The van der Waals surface area contributed by atoms with Crippen molar-refractivity contribution in [1.82, 2.24) is 0 Å². The average molecular weight is 387 g/mol. The number of carbonyl (C=O) groups excluding carboxylic acids is 2. The van der Waals surface area contributed by atoms with E-state index < -0.39 is 17.7 Å². The molecule has 0 saturated carbocycles. The molecule has 8 heteroatoms. The molecule has 1 aromatic carbocycles. The number of esters is 2. The molecular formula is C20H21NO7. The summed E-state index contributed by atoms with van der Waals surface area (Å²) >= 11 is 0. The Morgan fingerprint density at radius 3 is 2.46 bits per heavy atom. The molecule has 0 spiro atoms. The summed E-state index contributed by atoms with van der Waals surface area (Å²) in [5.41, 5.74) is 0.978. The highest BCUT2D eigenvalue weighted by Crippen LogP contribution is 2.32. The number of hydrogen-bond donors (Lipinski definition) is 2. The predicted molar refractivity (Wildman–Crippen MR) is 99.2 cm³/mol. The summed E-state index contributed by atoms with van der Waals surface area (Å²) in [7, 11) is 0. The summed E-state index contributed by atoms with van der Waals surface area (Å²) in [5, 5.41) is 12.1. The minimum atomic E-state index is -1.30. The molecule has 2 aromatic rings. The van der Waals surface area contributed by atoms with Crippen molar-refractivity contribution >= 4 is 17.6 Å². The van der Waals surface area contributed by atoms with E-state index in [1.165, 1.54) is 20.0 Å². The minimum absolute atomic E-state index is 0.200. The monoisotopic (exact) mass is 387 g/mol. The van der Waals surface area contributed by atoms with Gasteiger partial charge in [0.05, 0.1) is 12.3 Å². The lowest BCUT2D eigenvalue weighted by atomic mass is 10.1. The Hall–Kier alpha value is -3.26. The van der Waals surface area contributed by atoms with E-state index in [9.17, 15) is 9.59 Å². The zero-order chi connectivity index (χ0) is 20.3. The third-order valence-corrected chi connectivity index (χ3v) is 3.87. The maximum absolute atomic E-state index is 12.1. The zero-order valence-corrected chi connectivity index (χ0v) is 15.8. The van der Waals surface area contributed by atoms with Crippen molar-refractivity contribution in [1.29, 1.82) is 0 Å². The van der Waals surface area contributed by atoms with E-state index in [1.807, 2.05) is 6.92 Å². The Balaban J connectivity index is 1.90. The second-order valence-electron chi connectivity index (χ2n) is 6.45. The molecule has 0 atom stereocenters. The first kappa shape index (κ1) is 19.5. The summed E-state index contributed by atoms with van der Waals surface area (Å²) in [4.78, 5) is 24.2. The van der Waals surface area contributed by atoms with Crippen molar-refractivity contribution < 1.29 is 33.3 Å². The molecule has 2 N–H and O–H groups in total. The van der Waals surface area contributed by atoms with Crippen LogP contribution in [0.1, 0.15) is 26.5 Å². The highest BCUT2D eigenvalue weighted by molar-refractivity contribution is 6.15. The van der Waals surface area contributed by atoms with Crippen molar-refractivity contribution in [2.45, 2.75) is 33.2 Å². The molecule has 2 heterocycles. The van der Waals surface area contributed by atoms with Crippen molar-refractivity contribution in [2.24, 2.45) is 0 Å². The van der Waals surface area contributed by atoms with Crippen LogP contribution < -0.4 is 10.1 Å². The summed E-state index contributed by atoms with van der Waals surface area (Å²) in [5.74, 6) is -1.33. The van der Waals surface area contributed by atoms with E-state index in [0.717, 1.165) is 5.56 Å². The summed E-state index contributed by atoms with van der Waals surface area (Å²) in [6, 6.07) is 8.69. The Morgan fingerprint density at radius 1 is 1.14 bits per heavy atom. The Labute approximate surface area is 161 Å². The van der Waals surface area contributed by atoms with Crippen LogP contribution in [-0.4, -0.2) is 29.4 Å². The SMILES string of the molecule is CCOc1ccc(-c2ccc(CO)o2)cc1NC=C1C(=O)OC(C)(C)OC1=O. The van der Waals surface area contributed by atoms with Gasteiger partial charge in [0.15, 0.2) is 5.57 Å². The summed E-state index contributed by atoms with van der Waals surface area (Å²) in [6.07, 6.45) is 1.23. The number of anilines is 1. The molecule has 1 aromatic heterocycles. The Morgan fingerprint density at radius 2 is 1.86 bits per heavy atom. The second kappa shape index (κ2) is 7.77. The lowest BCUT2D eigenvalue weighted by Crippen LogP contribution is -2.42. The van der Waals surface area contributed by atoms with Crippen LogP contribution in [0.3, 0.4) is 0 Å². The molecule has 1 aliphatic heterocycles. The van der Waals surface area contributed by atoms with E-state index in [-0.39, 0.29) is 12.2 Å². The van der Waals surface area contributed by atoms with E-state index in [1.54, 1.807) is 30.3 Å². The molecule has 1 saturated heterocycles. The maximum Gasteiger partial charge on any atom is 0.350 e. The van der Waals surface area contributed by atoms with E-state index >= 15 is 0 Å². The fourth-order valence-corrected chi connectivity index (χ4v) is 2.62. The van der Waals surface area contributed by atoms with Crippen LogP contribution in [0.15, 0.2) is 46.5 Å². The molecule has 0 aliphatic carbocycles. The number of aliphatic hydroxyl groups is 1. The van der Waals surface area contributed by atoms with Gasteiger partial charge >= 0.3 is 11.9 Å². The summed E-state index contributed by atoms with van der Waals surface area (Å²) < 4.78 is 21.3. The largest absolute Gasteiger partial charge is 0.492 e. The van der Waals surface area contributed by atoms with Gasteiger partial charge in [-0.15, -0.1) is 0 Å². The molecule has 8 nitrogen and oxygen atoms in total. The van der Waals surface area contributed by atoms with Gasteiger partial charge < -0.3 is 29.1 Å². The van der Waals surface area contributed by atoms with E-state index in [2.05, 4.69) is 5.32 Å². The molecule has 3 rings (SSSR count). The molecule has 148 valence electrons. The van der Waals surface area contributed by atoms with Crippen LogP contribution in [0.5, 0.6) is 5.75 Å². The van der Waals surface area contributed by atoms with Gasteiger partial charge in [-0.2, -0.15) is 0 Å². The standard InChI is InChI=1S/C20H21NO7/c1-4-25-17-7-5-12(16-8-6-13(11-22)26-16)9-15(17)21-10-14-18(23)27-20(2,3)28-19(14)24/h5-10,21-22H,4,11H2,1-3H3. The highest BCUT2D eigenvalue weighted by atomic mass is 16.7. The normalized spacial score (nSPS) is 15.6. The van der Waals surface area contributed by atoms with Gasteiger partial charge in [-0.1, -0.05) is 0 Å². The Bertz CT molecular complexity index is 904. The van der Waals surface area contributed by atoms with Crippen molar-refractivity contribution in [3.8, 4) is 17.1 Å². The molecule has 1 aliphatic rings. The third-order valence-electron chi connectivity index (χ3n) is 3.87. The molecule has 1 fully saturated rings. The first-order valence-electron chi connectivity index (χ1n) is 8.73. The Kier molecular flexibility index (Phi) is 5.41. The number of aliphatic hydroxyl groups excluding tert-OH is 1. The quantitative estimate of drug-likeness (QED) is 0.443. The van der Waals surface area contributed by atoms with Crippen LogP contribution in [0, 0.1) is 0 Å². The number of carbonyl (C=O) groups is 2. The first-order chi connectivity index (χ1) is 13.3. The number of nitrogens with one attached hydrogen (secondary N) is 1. The average Bonchev–Trinajstić information content (AvgIpc) is 3.10. The third kappa shape index (κ3) is 4.17. The highest BCUT2D eigenvalue weighted by Gasteiger charge is 2.39. The van der Waals surface area contributed by atoms with Crippen molar-refractivity contribution in [3.05, 3.63) is 47.9 Å². The number of ether oxygens (including phenoxy) is 3. The number of furan rings is 1. The smallest absolute Gasteiger partial charge is 0.350 e. The van der Waals surface area contributed by atoms with Gasteiger partial charge in [0.25, 0.3) is 5.79 Å². The van der Waals surface area contributed by atoms with Gasteiger partial charge in [0.2, 0.25) is 0 Å². The van der Waals surface area contributed by atoms with Gasteiger partial charge in [-0.05, 0) is 37.3 Å². The molecule has 0 radical (unpaired) electrons. The molecule has 0 unspecified atom stereocenters. The van der Waals surface area contributed by atoms with Gasteiger partial charge in [-0.25, -0.2) is 9.59 Å². The van der Waals surface area contributed by atoms with Crippen LogP contribution in [-0.2, 0) is 25.7 Å². The van der Waals surface area contributed by atoms with Gasteiger partial charge in [0.1, 0.15) is 23.9 Å². The molecule has 28 heavy (non-hydrogen) atoms. The lowest BCUT2D eigenvalue weighted by molar-refractivity contribution is -0.222. The summed E-state index contributed by atoms with van der Waals surface area (Å²) in [6.45, 7) is 5.03. The molecule has 0 bridgehead atoms. The number of cyclic esters (lactones) is 2. The first-order valence-corrected chi connectivity index (χ1v) is 8.73. The number of rotatable bonds is 6. The topological polar surface area (TPSA) is 107 Å². The van der Waals surface area contributed by atoms with Crippen molar-refractivity contribution in [2.75, 3.05) is 11.9 Å². The second-order valence-corrected chi connectivity index (χ2v) is 6.45. The minimum Gasteiger partial charge on any atom is -0.492 e. The van der Waals surface area contributed by atoms with Gasteiger partial charge in [-0.3, -0.25) is 0 Å². The fraction of sp³-hybridized carbons (Fsp3) is 0.300. The van der Waals surface area contributed by atoms with Gasteiger partial charge in [0, 0.05) is 25.6 Å². The number of benzene rings is 1. The lowest BCUT2D eigenvalue weighted by Gasteiger charge is -2.29. The van der Waals surface area contributed by atoms with Crippen molar-refractivity contribution in [3.63, 3.8) is 0 Å². The maximum atomic E-state index is 12.1. The van der Waals surface area contributed by atoms with E-state index in [4.69, 9.17) is 23.7 Å².